The van der Waals surface area contributed by atoms with E-state index in [0.29, 0.717) is 12.1 Å². The minimum atomic E-state index is -0.421. The van der Waals surface area contributed by atoms with Gasteiger partial charge in [-0.15, -0.1) is 0 Å². The minimum absolute atomic E-state index is 0.117. The molecule has 2 rings (SSSR count). The van der Waals surface area contributed by atoms with Crippen LogP contribution in [0.3, 0.4) is 0 Å². The zero-order chi connectivity index (χ0) is 13.7. The predicted octanol–water partition coefficient (Wildman–Crippen LogP) is 0.851. The van der Waals surface area contributed by atoms with E-state index in [0.717, 1.165) is 26.2 Å². The van der Waals surface area contributed by atoms with Crippen molar-refractivity contribution in [3.8, 4) is 5.75 Å². The zero-order valence-corrected chi connectivity index (χ0v) is 11.1. The van der Waals surface area contributed by atoms with Crippen molar-refractivity contribution in [2.45, 2.75) is 6.42 Å². The number of piperazine rings is 1. The van der Waals surface area contributed by atoms with Crippen LogP contribution in [0.1, 0.15) is 5.56 Å². The van der Waals surface area contributed by atoms with Crippen molar-refractivity contribution in [3.63, 3.8) is 0 Å². The lowest BCUT2D eigenvalue weighted by atomic mass is 10.1. The van der Waals surface area contributed by atoms with Crippen LogP contribution >= 0.6 is 0 Å². The largest absolute Gasteiger partial charge is 0.494 e. The van der Waals surface area contributed by atoms with Crippen LogP contribution in [0.2, 0.25) is 0 Å². The third-order valence-electron chi connectivity index (χ3n) is 3.23. The van der Waals surface area contributed by atoms with Crippen LogP contribution < -0.4 is 10.1 Å². The minimum Gasteiger partial charge on any atom is -0.494 e. The number of rotatable bonds is 5. The molecule has 104 valence electrons. The van der Waals surface area contributed by atoms with E-state index in [9.17, 15) is 9.18 Å². The fraction of sp³-hybridized carbons (Fsp3) is 0.500. The van der Waals surface area contributed by atoms with Crippen LogP contribution in [0.25, 0.3) is 0 Å². The molecule has 1 aliphatic rings. The lowest BCUT2D eigenvalue weighted by molar-refractivity contribution is -0.119. The van der Waals surface area contributed by atoms with Gasteiger partial charge in [0.2, 0.25) is 0 Å². The highest BCUT2D eigenvalue weighted by Gasteiger charge is 2.14. The molecular formula is C14H19FN2O2. The average molecular weight is 266 g/mol. The van der Waals surface area contributed by atoms with E-state index in [2.05, 4.69) is 10.2 Å². The number of methoxy groups -OCH3 is 1. The number of benzene rings is 1. The molecule has 0 spiro atoms. The molecule has 1 saturated heterocycles. The highest BCUT2D eigenvalue weighted by Crippen LogP contribution is 2.18. The van der Waals surface area contributed by atoms with Gasteiger partial charge in [0, 0.05) is 32.6 Å². The first-order chi connectivity index (χ1) is 9.19. The normalized spacial score (nSPS) is 16.3. The fourth-order valence-corrected chi connectivity index (χ4v) is 2.22. The van der Waals surface area contributed by atoms with E-state index in [1.807, 2.05) is 0 Å². The molecule has 19 heavy (non-hydrogen) atoms. The van der Waals surface area contributed by atoms with Gasteiger partial charge in [-0.2, -0.15) is 0 Å². The van der Waals surface area contributed by atoms with Gasteiger partial charge in [0.15, 0.2) is 17.3 Å². The first kappa shape index (κ1) is 14.0. The van der Waals surface area contributed by atoms with E-state index in [4.69, 9.17) is 4.74 Å². The van der Waals surface area contributed by atoms with Gasteiger partial charge in [-0.3, -0.25) is 9.69 Å². The molecule has 1 aromatic rings. The van der Waals surface area contributed by atoms with Crippen molar-refractivity contribution in [2.24, 2.45) is 0 Å². The highest BCUT2D eigenvalue weighted by atomic mass is 19.1. The lowest BCUT2D eigenvalue weighted by Crippen LogP contribution is -2.45. The SMILES string of the molecule is COc1ccc(CC(=O)CN2CCNCC2)cc1F. The molecule has 1 N–H and O–H groups in total. The van der Waals surface area contributed by atoms with Gasteiger partial charge in [-0.25, -0.2) is 4.39 Å². The van der Waals surface area contributed by atoms with E-state index in [-0.39, 0.29) is 18.0 Å². The Bertz CT molecular complexity index is 445. The van der Waals surface area contributed by atoms with Crippen molar-refractivity contribution in [1.29, 1.82) is 0 Å². The van der Waals surface area contributed by atoms with Crippen LogP contribution in [-0.2, 0) is 11.2 Å². The maximum atomic E-state index is 13.5. The predicted molar refractivity (Wildman–Crippen MR) is 71.0 cm³/mol. The molecule has 0 radical (unpaired) electrons. The number of hydrogen-bond acceptors (Lipinski definition) is 4. The Kier molecular flexibility index (Phi) is 4.87. The Labute approximate surface area is 112 Å². The summed E-state index contributed by atoms with van der Waals surface area (Å²) in [7, 11) is 1.42. The quantitative estimate of drug-likeness (QED) is 0.858. The summed E-state index contributed by atoms with van der Waals surface area (Å²) in [5.74, 6) is -0.0975. The fourth-order valence-electron chi connectivity index (χ4n) is 2.22. The molecule has 1 aromatic carbocycles. The topological polar surface area (TPSA) is 41.6 Å². The number of carbonyl (C=O) groups is 1. The molecule has 4 nitrogen and oxygen atoms in total. The third kappa shape index (κ3) is 4.01. The second kappa shape index (κ2) is 6.63. The highest BCUT2D eigenvalue weighted by molar-refractivity contribution is 5.82. The number of hydrogen-bond donors (Lipinski definition) is 1. The zero-order valence-electron chi connectivity index (χ0n) is 11.1. The maximum Gasteiger partial charge on any atom is 0.165 e. The van der Waals surface area contributed by atoms with Crippen molar-refractivity contribution < 1.29 is 13.9 Å². The molecule has 0 atom stereocenters. The molecular weight excluding hydrogens is 247 g/mol. The summed E-state index contributed by atoms with van der Waals surface area (Å²) >= 11 is 0. The Hall–Kier alpha value is -1.46. The second-order valence-corrected chi connectivity index (χ2v) is 4.71. The molecule has 1 aliphatic heterocycles. The van der Waals surface area contributed by atoms with Gasteiger partial charge in [-0.1, -0.05) is 6.07 Å². The van der Waals surface area contributed by atoms with Crippen LogP contribution in [0.15, 0.2) is 18.2 Å². The van der Waals surface area contributed by atoms with Gasteiger partial charge in [-0.05, 0) is 17.7 Å². The molecule has 0 aromatic heterocycles. The van der Waals surface area contributed by atoms with Crippen molar-refractivity contribution in [2.75, 3.05) is 39.8 Å². The standard InChI is InChI=1S/C14H19FN2O2/c1-19-14-3-2-11(9-13(14)15)8-12(18)10-17-6-4-16-5-7-17/h2-3,9,16H,4-8,10H2,1H3. The summed E-state index contributed by atoms with van der Waals surface area (Å²) in [5, 5.41) is 3.24. The summed E-state index contributed by atoms with van der Waals surface area (Å²) in [4.78, 5) is 14.1. The van der Waals surface area contributed by atoms with Gasteiger partial charge < -0.3 is 10.1 Å². The number of carbonyl (C=O) groups excluding carboxylic acids is 1. The van der Waals surface area contributed by atoms with E-state index in [1.165, 1.54) is 13.2 Å². The Morgan fingerprint density at radius 3 is 2.79 bits per heavy atom. The smallest absolute Gasteiger partial charge is 0.165 e. The summed E-state index contributed by atoms with van der Waals surface area (Å²) in [6.45, 7) is 4.07. The summed E-state index contributed by atoms with van der Waals surface area (Å²) in [5.41, 5.74) is 0.693. The Morgan fingerprint density at radius 1 is 1.42 bits per heavy atom. The number of halogens is 1. The van der Waals surface area contributed by atoms with Gasteiger partial charge >= 0.3 is 0 Å². The molecule has 0 bridgehead atoms. The van der Waals surface area contributed by atoms with Crippen LogP contribution in [0.5, 0.6) is 5.75 Å². The Morgan fingerprint density at radius 2 is 2.16 bits per heavy atom. The van der Waals surface area contributed by atoms with Gasteiger partial charge in [0.05, 0.1) is 13.7 Å². The summed E-state index contributed by atoms with van der Waals surface area (Å²) in [6.07, 6.45) is 0.269. The van der Waals surface area contributed by atoms with E-state index < -0.39 is 5.82 Å². The average Bonchev–Trinajstić information content (AvgIpc) is 2.40. The summed E-state index contributed by atoms with van der Waals surface area (Å²) in [6, 6.07) is 4.66. The maximum absolute atomic E-state index is 13.5. The number of Topliss-reactive ketones (excluding diaryl/α,β-unsaturated/α-hetero) is 1. The van der Waals surface area contributed by atoms with E-state index in [1.54, 1.807) is 12.1 Å². The number of ether oxygens (including phenoxy) is 1. The van der Waals surface area contributed by atoms with Crippen molar-refractivity contribution >= 4 is 5.78 Å². The molecule has 0 aliphatic carbocycles. The molecule has 1 heterocycles. The molecule has 0 saturated carbocycles. The first-order valence-corrected chi connectivity index (χ1v) is 6.46. The van der Waals surface area contributed by atoms with Crippen LogP contribution in [0.4, 0.5) is 4.39 Å². The molecule has 0 amide bonds. The first-order valence-electron chi connectivity index (χ1n) is 6.46. The number of nitrogens with zero attached hydrogens (tertiary/aromatic N) is 1. The number of nitrogens with one attached hydrogen (secondary N) is 1. The second-order valence-electron chi connectivity index (χ2n) is 4.71. The molecule has 5 heteroatoms. The van der Waals surface area contributed by atoms with Gasteiger partial charge in [0.1, 0.15) is 0 Å². The van der Waals surface area contributed by atoms with Crippen LogP contribution in [0, 0.1) is 5.82 Å². The van der Waals surface area contributed by atoms with Crippen molar-refractivity contribution in [1.82, 2.24) is 10.2 Å². The van der Waals surface area contributed by atoms with Crippen molar-refractivity contribution in [3.05, 3.63) is 29.6 Å². The van der Waals surface area contributed by atoms with E-state index >= 15 is 0 Å². The van der Waals surface area contributed by atoms with Crippen LogP contribution in [-0.4, -0.2) is 50.5 Å². The third-order valence-corrected chi connectivity index (χ3v) is 3.23. The summed E-state index contributed by atoms with van der Waals surface area (Å²) < 4.78 is 18.4. The number of ketones is 1. The molecule has 1 fully saturated rings. The molecule has 0 unspecified atom stereocenters. The Balaban J connectivity index is 1.89. The van der Waals surface area contributed by atoms with Gasteiger partial charge in [0.25, 0.3) is 0 Å². The lowest BCUT2D eigenvalue weighted by Gasteiger charge is -2.26. The monoisotopic (exact) mass is 266 g/mol.